The lowest BCUT2D eigenvalue weighted by Crippen LogP contribution is -2.37. The molecule has 0 aliphatic heterocycles. The molecule has 0 aliphatic carbocycles. The first-order valence-corrected chi connectivity index (χ1v) is 37.8. The lowest BCUT2D eigenvalue weighted by Gasteiger charge is -2.24. The molecule has 86 heavy (non-hydrogen) atoms. The quantitative estimate of drug-likeness (QED) is 0.0211. The average Bonchev–Trinajstić information content (AvgIpc) is 3.56. The van der Waals surface area contributed by atoms with Crippen LogP contribution in [0.2, 0.25) is 0 Å². The minimum absolute atomic E-state index is 0.0298. The van der Waals surface area contributed by atoms with Gasteiger partial charge in [0.25, 0.3) is 0 Å². The second-order valence-corrected chi connectivity index (χ2v) is 27.0. The van der Waals surface area contributed by atoms with Crippen LogP contribution in [0, 0.1) is 0 Å². The molecule has 9 nitrogen and oxygen atoms in total. The molecule has 500 valence electrons. The Bertz CT molecular complexity index is 1730. The van der Waals surface area contributed by atoms with Crippen LogP contribution < -0.4 is 0 Å². The number of quaternary nitrogens is 1. The number of esters is 2. The summed E-state index contributed by atoms with van der Waals surface area (Å²) in [6.45, 7) is 4.34. The molecule has 0 saturated carbocycles. The molecule has 1 N–H and O–H groups in total. The zero-order valence-electron chi connectivity index (χ0n) is 57.0. The van der Waals surface area contributed by atoms with Gasteiger partial charge in [0.1, 0.15) is 19.8 Å². The molecule has 0 saturated heterocycles. The summed E-state index contributed by atoms with van der Waals surface area (Å²) in [4.78, 5) is 35.9. The van der Waals surface area contributed by atoms with Gasteiger partial charge in [0, 0.05) is 12.8 Å². The van der Waals surface area contributed by atoms with Crippen molar-refractivity contribution >= 4 is 19.8 Å². The summed E-state index contributed by atoms with van der Waals surface area (Å²) in [6, 6.07) is 0. The van der Waals surface area contributed by atoms with E-state index in [2.05, 4.69) is 98.9 Å². The van der Waals surface area contributed by atoms with Crippen molar-refractivity contribution in [2.75, 3.05) is 47.5 Å². The SMILES string of the molecule is CC/C=C\C/C=C\C/C=C\C/C=C\CCCCCCCCCCCCCCCCCCCCCCCCCCCCC(=O)OC(COC(=O)CCCCCCCCCC/C=C\C/C=C\C/C=C\CCCCCCC)COP(=O)(O)OCC[N+](C)(C)C. The molecule has 0 aromatic rings. The van der Waals surface area contributed by atoms with Gasteiger partial charge in [-0.25, -0.2) is 4.57 Å². The van der Waals surface area contributed by atoms with Crippen LogP contribution in [0.1, 0.15) is 335 Å². The van der Waals surface area contributed by atoms with Crippen molar-refractivity contribution in [2.45, 2.75) is 341 Å². The number of hydrogen-bond donors (Lipinski definition) is 1. The number of phosphoric acid groups is 1. The van der Waals surface area contributed by atoms with E-state index in [0.29, 0.717) is 17.4 Å². The molecule has 0 aromatic heterocycles. The van der Waals surface area contributed by atoms with Crippen LogP contribution in [0.3, 0.4) is 0 Å². The van der Waals surface area contributed by atoms with Crippen LogP contribution in [0.5, 0.6) is 0 Å². The van der Waals surface area contributed by atoms with Crippen molar-refractivity contribution < 1.29 is 42.1 Å². The van der Waals surface area contributed by atoms with Gasteiger partial charge in [-0.15, -0.1) is 0 Å². The number of rotatable bonds is 67. The van der Waals surface area contributed by atoms with E-state index in [9.17, 15) is 19.0 Å². The minimum Gasteiger partial charge on any atom is -0.462 e. The third-order valence-corrected chi connectivity index (χ3v) is 16.9. The summed E-state index contributed by atoms with van der Waals surface area (Å²) in [6.07, 6.45) is 91.3. The van der Waals surface area contributed by atoms with E-state index in [1.54, 1.807) is 0 Å². The van der Waals surface area contributed by atoms with E-state index in [1.165, 1.54) is 218 Å². The lowest BCUT2D eigenvalue weighted by atomic mass is 10.0. The van der Waals surface area contributed by atoms with Crippen LogP contribution in [-0.2, 0) is 32.7 Å². The molecule has 10 heteroatoms. The summed E-state index contributed by atoms with van der Waals surface area (Å²) < 4.78 is 34.7. The number of unbranched alkanes of at least 4 members (excludes halogenated alkanes) is 39. The number of carbonyl (C=O) groups is 2. The number of ether oxygens (including phenoxy) is 2. The maximum atomic E-state index is 12.9. The molecule has 0 amide bonds. The molecular weight excluding hydrogens is 1090 g/mol. The van der Waals surface area contributed by atoms with Crippen molar-refractivity contribution in [3.63, 3.8) is 0 Å². The van der Waals surface area contributed by atoms with Gasteiger partial charge in [-0.2, -0.15) is 0 Å². The van der Waals surface area contributed by atoms with Gasteiger partial charge in [-0.05, 0) is 89.9 Å². The van der Waals surface area contributed by atoms with Crippen LogP contribution in [0.25, 0.3) is 0 Å². The van der Waals surface area contributed by atoms with Crippen molar-refractivity contribution in [1.82, 2.24) is 0 Å². The van der Waals surface area contributed by atoms with Crippen molar-refractivity contribution in [3.05, 3.63) is 85.1 Å². The normalized spacial score (nSPS) is 13.6. The molecular formula is C76H139NO8P+. The number of phosphoric ester groups is 1. The highest BCUT2D eigenvalue weighted by Crippen LogP contribution is 2.43. The Hall–Kier alpha value is -2.81. The molecule has 0 spiro atoms. The summed E-state index contributed by atoms with van der Waals surface area (Å²) in [5.74, 6) is -0.793. The van der Waals surface area contributed by atoms with Crippen molar-refractivity contribution in [3.8, 4) is 0 Å². The average molecular weight is 1230 g/mol. The monoisotopic (exact) mass is 1230 g/mol. The summed E-state index contributed by atoms with van der Waals surface area (Å²) >= 11 is 0. The predicted molar refractivity (Wildman–Crippen MR) is 372 cm³/mol. The Morgan fingerprint density at radius 3 is 0.988 bits per heavy atom. The molecule has 2 atom stereocenters. The number of nitrogens with zero attached hydrogens (tertiary/aromatic N) is 1. The van der Waals surface area contributed by atoms with Gasteiger partial charge in [-0.1, -0.05) is 317 Å². The highest BCUT2D eigenvalue weighted by Gasteiger charge is 2.27. The number of hydrogen-bond acceptors (Lipinski definition) is 7. The van der Waals surface area contributed by atoms with E-state index in [4.69, 9.17) is 18.5 Å². The summed E-state index contributed by atoms with van der Waals surface area (Å²) in [5.41, 5.74) is 0. The van der Waals surface area contributed by atoms with Crippen molar-refractivity contribution in [1.29, 1.82) is 0 Å². The molecule has 0 aromatic carbocycles. The van der Waals surface area contributed by atoms with Gasteiger partial charge in [0.05, 0.1) is 27.7 Å². The van der Waals surface area contributed by atoms with Crippen LogP contribution in [-0.4, -0.2) is 74.9 Å². The maximum Gasteiger partial charge on any atom is 0.472 e. The fourth-order valence-corrected chi connectivity index (χ4v) is 11.1. The number of carbonyl (C=O) groups excluding carboxylic acids is 2. The van der Waals surface area contributed by atoms with Crippen LogP contribution >= 0.6 is 7.82 Å². The molecule has 2 unspecified atom stereocenters. The third-order valence-electron chi connectivity index (χ3n) is 15.9. The lowest BCUT2D eigenvalue weighted by molar-refractivity contribution is -0.870. The Morgan fingerprint density at radius 1 is 0.372 bits per heavy atom. The van der Waals surface area contributed by atoms with Crippen molar-refractivity contribution in [2.24, 2.45) is 0 Å². The Kier molecular flexibility index (Phi) is 64.4. The van der Waals surface area contributed by atoms with E-state index < -0.39 is 26.5 Å². The first-order chi connectivity index (χ1) is 42.0. The van der Waals surface area contributed by atoms with Gasteiger partial charge < -0.3 is 18.9 Å². The smallest absolute Gasteiger partial charge is 0.462 e. The summed E-state index contributed by atoms with van der Waals surface area (Å²) in [7, 11) is 1.48. The minimum atomic E-state index is -4.40. The molecule has 0 rings (SSSR count). The predicted octanol–water partition coefficient (Wildman–Crippen LogP) is 23.7. The second-order valence-electron chi connectivity index (χ2n) is 25.6. The Balaban J connectivity index is 3.95. The number of likely N-dealkylation sites (N-methyl/N-ethyl adjacent to an activating group) is 1. The maximum absolute atomic E-state index is 12.9. The van der Waals surface area contributed by atoms with Gasteiger partial charge in [-0.3, -0.25) is 18.6 Å². The van der Waals surface area contributed by atoms with Gasteiger partial charge in [0.15, 0.2) is 6.10 Å². The highest BCUT2D eigenvalue weighted by molar-refractivity contribution is 7.47. The summed E-state index contributed by atoms with van der Waals surface area (Å²) in [5, 5.41) is 0. The zero-order valence-corrected chi connectivity index (χ0v) is 57.9. The largest absolute Gasteiger partial charge is 0.472 e. The third kappa shape index (κ3) is 70.3. The van der Waals surface area contributed by atoms with E-state index >= 15 is 0 Å². The Morgan fingerprint density at radius 2 is 0.663 bits per heavy atom. The fourth-order valence-electron chi connectivity index (χ4n) is 10.4. The topological polar surface area (TPSA) is 108 Å². The highest BCUT2D eigenvalue weighted by atomic mass is 31.2. The Labute approximate surface area is 532 Å². The van der Waals surface area contributed by atoms with Crippen LogP contribution in [0.15, 0.2) is 85.1 Å². The van der Waals surface area contributed by atoms with Crippen LogP contribution in [0.4, 0.5) is 0 Å². The zero-order chi connectivity index (χ0) is 62.6. The standard InChI is InChI=1S/C76H138NO8P/c1-6-8-10-12-14-16-18-20-22-24-26-28-30-31-32-33-34-35-36-37-38-39-40-41-42-43-44-45-47-49-51-53-55-57-59-61-63-65-67-69-76(79)85-74(73-84-86(80,81)83-71-70-77(3,4)5)72-82-75(78)68-66-64-62-60-58-56-54-52-50-48-46-29-27-25-23-21-19-17-15-13-11-9-7-2/h8,10,14,16,19-22,25-28,46,48,74H,6-7,9,11-13,15,17-18,23-24,29-45,47,49-73H2,1-5H3/p+1/b10-8-,16-14-,21-19-,22-20-,27-25-,28-26-,48-46-. The van der Waals surface area contributed by atoms with Gasteiger partial charge >= 0.3 is 19.8 Å². The number of allylic oxidation sites excluding steroid dienone is 14. The van der Waals surface area contributed by atoms with E-state index in [1.807, 2.05) is 21.1 Å². The van der Waals surface area contributed by atoms with Gasteiger partial charge in [0.2, 0.25) is 0 Å². The second kappa shape index (κ2) is 66.6. The molecule has 0 bridgehead atoms. The molecule has 0 heterocycles. The first-order valence-electron chi connectivity index (χ1n) is 36.3. The molecule has 0 radical (unpaired) electrons. The fraction of sp³-hybridized carbons (Fsp3) is 0.789. The first kappa shape index (κ1) is 83.2. The van der Waals surface area contributed by atoms with E-state index in [-0.39, 0.29) is 32.0 Å². The molecule has 0 aliphatic rings. The van der Waals surface area contributed by atoms with E-state index in [0.717, 1.165) is 83.5 Å². The molecule has 0 fully saturated rings.